The third kappa shape index (κ3) is 1.87. The van der Waals surface area contributed by atoms with E-state index in [1.807, 2.05) is 18.3 Å². The fraction of sp³-hybridized carbons (Fsp3) is 0.182. The summed E-state index contributed by atoms with van der Waals surface area (Å²) in [6, 6.07) is 8.22. The van der Waals surface area contributed by atoms with Crippen molar-refractivity contribution in [2.24, 2.45) is 0 Å². The SMILES string of the molecule is CCNc1cnc2cc(Br)ccc2c1. The molecule has 1 N–H and O–H groups in total. The number of pyridine rings is 1. The third-order valence-corrected chi connectivity index (χ3v) is 2.52. The standard InChI is InChI=1S/C11H11BrN2/c1-2-13-10-5-8-3-4-9(12)6-11(8)14-7-10/h3-7,13H,2H2,1H3. The topological polar surface area (TPSA) is 24.9 Å². The average Bonchev–Trinajstić information content (AvgIpc) is 2.19. The average molecular weight is 251 g/mol. The summed E-state index contributed by atoms with van der Waals surface area (Å²) >= 11 is 3.43. The van der Waals surface area contributed by atoms with E-state index in [0.29, 0.717) is 0 Å². The van der Waals surface area contributed by atoms with E-state index in [1.165, 1.54) is 0 Å². The van der Waals surface area contributed by atoms with Crippen molar-refractivity contribution in [2.45, 2.75) is 6.92 Å². The largest absolute Gasteiger partial charge is 0.384 e. The molecular weight excluding hydrogens is 240 g/mol. The summed E-state index contributed by atoms with van der Waals surface area (Å²) in [5.41, 5.74) is 2.09. The number of nitrogens with zero attached hydrogens (tertiary/aromatic N) is 1. The van der Waals surface area contributed by atoms with E-state index in [9.17, 15) is 0 Å². The second-order valence-corrected chi connectivity index (χ2v) is 4.01. The number of nitrogens with one attached hydrogen (secondary N) is 1. The van der Waals surface area contributed by atoms with Crippen molar-refractivity contribution < 1.29 is 0 Å². The minimum Gasteiger partial charge on any atom is -0.384 e. The van der Waals surface area contributed by atoms with Crippen LogP contribution in [-0.4, -0.2) is 11.5 Å². The molecule has 0 saturated heterocycles. The van der Waals surface area contributed by atoms with Crippen molar-refractivity contribution in [3.8, 4) is 0 Å². The maximum atomic E-state index is 4.37. The first-order valence-electron chi connectivity index (χ1n) is 4.59. The Kier molecular flexibility index (Phi) is 2.68. The Labute approximate surface area is 91.5 Å². The van der Waals surface area contributed by atoms with Crippen molar-refractivity contribution in [1.29, 1.82) is 0 Å². The highest BCUT2D eigenvalue weighted by Crippen LogP contribution is 2.20. The van der Waals surface area contributed by atoms with Gasteiger partial charge in [-0.15, -0.1) is 0 Å². The Balaban J connectivity index is 2.50. The fourth-order valence-corrected chi connectivity index (χ4v) is 1.74. The second-order valence-electron chi connectivity index (χ2n) is 3.09. The molecule has 0 aliphatic carbocycles. The highest BCUT2D eigenvalue weighted by atomic mass is 79.9. The lowest BCUT2D eigenvalue weighted by molar-refractivity contribution is 1.20. The van der Waals surface area contributed by atoms with Crippen LogP contribution in [0, 0.1) is 0 Å². The zero-order chi connectivity index (χ0) is 9.97. The van der Waals surface area contributed by atoms with Gasteiger partial charge >= 0.3 is 0 Å². The van der Waals surface area contributed by atoms with Crippen LogP contribution in [0.3, 0.4) is 0 Å². The van der Waals surface area contributed by atoms with Crippen molar-refractivity contribution in [3.63, 3.8) is 0 Å². The number of benzene rings is 1. The Morgan fingerprint density at radius 1 is 1.36 bits per heavy atom. The molecule has 1 aromatic carbocycles. The van der Waals surface area contributed by atoms with E-state index in [1.54, 1.807) is 0 Å². The first-order valence-corrected chi connectivity index (χ1v) is 5.38. The van der Waals surface area contributed by atoms with Gasteiger partial charge in [0.25, 0.3) is 0 Å². The summed E-state index contributed by atoms with van der Waals surface area (Å²) in [5.74, 6) is 0. The van der Waals surface area contributed by atoms with Gasteiger partial charge in [-0.1, -0.05) is 22.0 Å². The number of hydrogen-bond acceptors (Lipinski definition) is 2. The highest BCUT2D eigenvalue weighted by Gasteiger charge is 1.97. The van der Waals surface area contributed by atoms with Gasteiger partial charge in [-0.2, -0.15) is 0 Å². The second kappa shape index (κ2) is 3.96. The van der Waals surface area contributed by atoms with E-state index >= 15 is 0 Å². The first kappa shape index (κ1) is 9.46. The summed E-state index contributed by atoms with van der Waals surface area (Å²) < 4.78 is 1.06. The van der Waals surface area contributed by atoms with Gasteiger partial charge in [0.05, 0.1) is 17.4 Å². The van der Waals surface area contributed by atoms with E-state index in [2.05, 4.69) is 45.3 Å². The maximum Gasteiger partial charge on any atom is 0.0714 e. The summed E-state index contributed by atoms with van der Waals surface area (Å²) in [5, 5.41) is 4.40. The third-order valence-electron chi connectivity index (χ3n) is 2.03. The van der Waals surface area contributed by atoms with Gasteiger partial charge in [0.2, 0.25) is 0 Å². The Morgan fingerprint density at radius 2 is 2.21 bits per heavy atom. The van der Waals surface area contributed by atoms with Crippen LogP contribution in [0.2, 0.25) is 0 Å². The number of aromatic nitrogens is 1. The molecule has 0 bridgehead atoms. The Hall–Kier alpha value is -1.09. The lowest BCUT2D eigenvalue weighted by Crippen LogP contribution is -1.96. The zero-order valence-electron chi connectivity index (χ0n) is 7.92. The maximum absolute atomic E-state index is 4.37. The van der Waals surface area contributed by atoms with Crippen molar-refractivity contribution >= 4 is 32.5 Å². The minimum absolute atomic E-state index is 0.920. The number of fused-ring (bicyclic) bond motifs is 1. The molecule has 0 fully saturated rings. The van der Waals surface area contributed by atoms with Gasteiger partial charge < -0.3 is 5.32 Å². The molecule has 3 heteroatoms. The van der Waals surface area contributed by atoms with Crippen LogP contribution in [0.4, 0.5) is 5.69 Å². The molecule has 14 heavy (non-hydrogen) atoms. The summed E-state index contributed by atoms with van der Waals surface area (Å²) in [4.78, 5) is 4.37. The van der Waals surface area contributed by atoms with E-state index < -0.39 is 0 Å². The van der Waals surface area contributed by atoms with Crippen molar-refractivity contribution in [3.05, 3.63) is 34.9 Å². The van der Waals surface area contributed by atoms with E-state index in [4.69, 9.17) is 0 Å². The van der Waals surface area contributed by atoms with Gasteiger partial charge in [0.15, 0.2) is 0 Å². The summed E-state index contributed by atoms with van der Waals surface area (Å²) in [6.45, 7) is 3.00. The normalized spacial score (nSPS) is 10.4. The van der Waals surface area contributed by atoms with Crippen LogP contribution >= 0.6 is 15.9 Å². The lowest BCUT2D eigenvalue weighted by Gasteiger charge is -2.04. The molecule has 0 aliphatic heterocycles. The minimum atomic E-state index is 0.920. The molecule has 0 unspecified atom stereocenters. The molecule has 0 atom stereocenters. The molecule has 2 aromatic rings. The molecule has 1 heterocycles. The predicted octanol–water partition coefficient (Wildman–Crippen LogP) is 3.43. The molecule has 2 rings (SSSR count). The molecular formula is C11H11BrN2. The smallest absolute Gasteiger partial charge is 0.0714 e. The van der Waals surface area contributed by atoms with Gasteiger partial charge in [-0.25, -0.2) is 0 Å². The number of hydrogen-bond donors (Lipinski definition) is 1. The molecule has 2 nitrogen and oxygen atoms in total. The Morgan fingerprint density at radius 3 is 3.00 bits per heavy atom. The zero-order valence-corrected chi connectivity index (χ0v) is 9.51. The summed E-state index contributed by atoms with van der Waals surface area (Å²) in [7, 11) is 0. The van der Waals surface area contributed by atoms with E-state index in [0.717, 1.165) is 27.6 Å². The number of anilines is 1. The van der Waals surface area contributed by atoms with Crippen LogP contribution in [0.15, 0.2) is 34.9 Å². The molecule has 0 spiro atoms. The lowest BCUT2D eigenvalue weighted by atomic mass is 10.2. The fourth-order valence-electron chi connectivity index (χ4n) is 1.40. The van der Waals surface area contributed by atoms with Crippen molar-refractivity contribution in [2.75, 3.05) is 11.9 Å². The number of rotatable bonds is 2. The highest BCUT2D eigenvalue weighted by molar-refractivity contribution is 9.10. The van der Waals surface area contributed by atoms with Gasteiger partial charge in [-0.3, -0.25) is 4.98 Å². The van der Waals surface area contributed by atoms with Gasteiger partial charge in [0.1, 0.15) is 0 Å². The van der Waals surface area contributed by atoms with Crippen LogP contribution < -0.4 is 5.32 Å². The molecule has 0 aliphatic rings. The first-order chi connectivity index (χ1) is 6.79. The Bertz CT molecular complexity index is 454. The van der Waals surface area contributed by atoms with Crippen LogP contribution in [0.1, 0.15) is 6.92 Å². The summed E-state index contributed by atoms with van der Waals surface area (Å²) in [6.07, 6.45) is 1.86. The molecule has 1 aromatic heterocycles. The molecule has 0 saturated carbocycles. The number of halogens is 1. The van der Waals surface area contributed by atoms with Crippen LogP contribution in [0.5, 0.6) is 0 Å². The van der Waals surface area contributed by atoms with Gasteiger partial charge in [-0.05, 0) is 25.1 Å². The quantitative estimate of drug-likeness (QED) is 0.884. The molecule has 72 valence electrons. The van der Waals surface area contributed by atoms with E-state index in [-0.39, 0.29) is 0 Å². The molecule has 0 radical (unpaired) electrons. The van der Waals surface area contributed by atoms with Crippen molar-refractivity contribution in [1.82, 2.24) is 4.98 Å². The van der Waals surface area contributed by atoms with Crippen LogP contribution in [0.25, 0.3) is 10.9 Å². The van der Waals surface area contributed by atoms with Crippen LogP contribution in [-0.2, 0) is 0 Å². The molecule has 0 amide bonds. The van der Waals surface area contributed by atoms with Gasteiger partial charge in [0, 0.05) is 16.4 Å². The predicted molar refractivity (Wildman–Crippen MR) is 63.6 cm³/mol. The monoisotopic (exact) mass is 250 g/mol.